The number of nitrogens with one attached hydrogen (secondary N) is 1. The van der Waals surface area contributed by atoms with E-state index in [9.17, 15) is 31.5 Å². The number of aryl methyl sites for hydroxylation is 2. The Bertz CT molecular complexity index is 1460. The molecule has 1 unspecified atom stereocenters. The van der Waals surface area contributed by atoms with Crippen LogP contribution in [0.4, 0.5) is 13.2 Å². The van der Waals surface area contributed by atoms with Crippen LogP contribution in [0.2, 0.25) is 0 Å². The lowest BCUT2D eigenvalue weighted by molar-refractivity contribution is -0.138. The number of β-amino-alcohol motifs (C(OH)–C–C–N with tert-alkyl or cyclic N) is 1. The molecule has 0 aliphatic heterocycles. The molecule has 0 amide bonds. The molecule has 0 saturated carbocycles. The van der Waals surface area contributed by atoms with Crippen molar-refractivity contribution in [2.75, 3.05) is 20.1 Å². The first-order chi connectivity index (χ1) is 20.1. The van der Waals surface area contributed by atoms with Gasteiger partial charge in [0.05, 0.1) is 22.3 Å². The molecule has 0 aliphatic rings. The average Bonchev–Trinajstić information content (AvgIpc) is 2.95. The molecule has 3 rings (SSSR count). The number of likely N-dealkylation sites (N-methyl/N-ethyl adjacent to an activating group) is 1. The van der Waals surface area contributed by atoms with Crippen LogP contribution < -0.4 is 5.32 Å². The molecule has 1 atom stereocenters. The van der Waals surface area contributed by atoms with Crippen molar-refractivity contribution in [1.82, 2.24) is 14.6 Å². The number of aromatic nitrogens is 1. The maximum Gasteiger partial charge on any atom is 0.416 e. The molecule has 0 bridgehead atoms. The Hall–Kier alpha value is -3.32. The van der Waals surface area contributed by atoms with Gasteiger partial charge in [-0.3, -0.25) is 9.78 Å². The quantitative estimate of drug-likeness (QED) is 0.215. The van der Waals surface area contributed by atoms with Crippen LogP contribution in [-0.2, 0) is 33.8 Å². The van der Waals surface area contributed by atoms with Crippen LogP contribution >= 0.6 is 0 Å². The monoisotopic (exact) mass is 621 g/mol. The van der Waals surface area contributed by atoms with E-state index in [2.05, 4.69) is 22.4 Å². The summed E-state index contributed by atoms with van der Waals surface area (Å²) < 4.78 is 68.9. The number of sulfonamides is 1. The van der Waals surface area contributed by atoms with Gasteiger partial charge in [-0.25, -0.2) is 8.42 Å². The molecular weight excluding hydrogens is 583 g/mol. The summed E-state index contributed by atoms with van der Waals surface area (Å²) in [5, 5.41) is 22.7. The fourth-order valence-corrected chi connectivity index (χ4v) is 5.83. The number of carboxylic acid groups (broad SMARTS) is 1. The highest BCUT2D eigenvalue weighted by molar-refractivity contribution is 7.89. The summed E-state index contributed by atoms with van der Waals surface area (Å²) in [6, 6.07) is 15.5. The summed E-state index contributed by atoms with van der Waals surface area (Å²) in [5.74, 6) is -0.996. The number of pyridine rings is 1. The number of aliphatic carboxylic acids is 1. The van der Waals surface area contributed by atoms with E-state index in [4.69, 9.17) is 5.11 Å². The highest BCUT2D eigenvalue weighted by Crippen LogP contribution is 2.35. The number of benzene rings is 2. The molecule has 43 heavy (non-hydrogen) atoms. The Morgan fingerprint density at radius 2 is 1.72 bits per heavy atom. The van der Waals surface area contributed by atoms with Gasteiger partial charge in [0.25, 0.3) is 0 Å². The van der Waals surface area contributed by atoms with Crippen molar-refractivity contribution in [1.29, 1.82) is 0 Å². The molecule has 2 aromatic carbocycles. The summed E-state index contributed by atoms with van der Waals surface area (Å²) in [7, 11) is -3.21. The Labute approximate surface area is 250 Å². The Morgan fingerprint density at radius 3 is 2.33 bits per heavy atom. The first-order valence-corrected chi connectivity index (χ1v) is 15.3. The number of halogens is 3. The molecule has 0 spiro atoms. The predicted molar refractivity (Wildman–Crippen MR) is 158 cm³/mol. The van der Waals surface area contributed by atoms with Crippen molar-refractivity contribution in [2.45, 2.75) is 68.7 Å². The SMILES string of the molecule is CN(CC(O)CNC(C)(C)CCCc1ccccc1)S(=O)(=O)c1cc(-c2ccc(CCC(=O)O)cn2)cc(C(F)(F)F)c1. The van der Waals surface area contributed by atoms with Crippen molar-refractivity contribution >= 4 is 16.0 Å². The summed E-state index contributed by atoms with van der Waals surface area (Å²) in [6.45, 7) is 3.73. The zero-order valence-corrected chi connectivity index (χ0v) is 25.3. The van der Waals surface area contributed by atoms with Gasteiger partial charge in [-0.2, -0.15) is 17.5 Å². The summed E-state index contributed by atoms with van der Waals surface area (Å²) in [5.41, 5.74) is 0.348. The molecule has 0 saturated heterocycles. The Morgan fingerprint density at radius 1 is 1.02 bits per heavy atom. The topological polar surface area (TPSA) is 120 Å². The van der Waals surface area contributed by atoms with Gasteiger partial charge >= 0.3 is 12.1 Å². The largest absolute Gasteiger partial charge is 0.481 e. The molecule has 3 N–H and O–H groups in total. The van der Waals surface area contributed by atoms with Crippen molar-refractivity contribution in [3.8, 4) is 11.3 Å². The van der Waals surface area contributed by atoms with Crippen LogP contribution in [0.25, 0.3) is 11.3 Å². The van der Waals surface area contributed by atoms with Crippen LogP contribution in [0.15, 0.2) is 71.8 Å². The number of hydrogen-bond acceptors (Lipinski definition) is 6. The molecule has 0 aliphatic carbocycles. The van der Waals surface area contributed by atoms with E-state index >= 15 is 0 Å². The molecule has 0 fully saturated rings. The second-order valence-electron chi connectivity index (χ2n) is 11.2. The van der Waals surface area contributed by atoms with E-state index in [0.717, 1.165) is 35.7 Å². The highest BCUT2D eigenvalue weighted by Gasteiger charge is 2.34. The summed E-state index contributed by atoms with van der Waals surface area (Å²) in [6.07, 6.45) is -1.90. The smallest absolute Gasteiger partial charge is 0.416 e. The fraction of sp³-hybridized carbons (Fsp3) is 0.419. The molecule has 12 heteroatoms. The van der Waals surface area contributed by atoms with Gasteiger partial charge in [0, 0.05) is 43.9 Å². The minimum Gasteiger partial charge on any atom is -0.481 e. The first kappa shape index (κ1) is 34.2. The fourth-order valence-electron chi connectivity index (χ4n) is 4.55. The number of hydrogen-bond donors (Lipinski definition) is 3. The van der Waals surface area contributed by atoms with Crippen LogP contribution in [0.3, 0.4) is 0 Å². The van der Waals surface area contributed by atoms with Gasteiger partial charge in [-0.1, -0.05) is 36.4 Å². The number of rotatable bonds is 15. The van der Waals surface area contributed by atoms with Crippen LogP contribution in [-0.4, -0.2) is 65.7 Å². The second kappa shape index (κ2) is 14.4. The number of aliphatic hydroxyl groups excluding tert-OH is 1. The lowest BCUT2D eigenvalue weighted by Crippen LogP contribution is -2.46. The van der Waals surface area contributed by atoms with Gasteiger partial charge in [0.15, 0.2) is 0 Å². The predicted octanol–water partition coefficient (Wildman–Crippen LogP) is 5.16. The number of alkyl halides is 3. The summed E-state index contributed by atoms with van der Waals surface area (Å²) in [4.78, 5) is 14.4. The third-order valence-electron chi connectivity index (χ3n) is 7.08. The normalized spacial score (nSPS) is 13.3. The van der Waals surface area contributed by atoms with Crippen molar-refractivity contribution in [3.05, 3.63) is 83.6 Å². The van der Waals surface area contributed by atoms with E-state index in [1.807, 2.05) is 32.0 Å². The zero-order chi connectivity index (χ0) is 31.8. The maximum absolute atomic E-state index is 13.8. The number of carboxylic acids is 1. The third kappa shape index (κ3) is 10.4. The third-order valence-corrected chi connectivity index (χ3v) is 8.89. The molecule has 1 aromatic heterocycles. The van der Waals surface area contributed by atoms with Gasteiger partial charge in [0.2, 0.25) is 10.0 Å². The minimum absolute atomic E-state index is 0.0638. The molecule has 1 heterocycles. The van der Waals surface area contributed by atoms with Crippen molar-refractivity contribution in [2.24, 2.45) is 0 Å². The average molecular weight is 622 g/mol. The Kier molecular flexibility index (Phi) is 11.5. The molecular formula is C31H38F3N3O5S. The minimum atomic E-state index is -4.82. The zero-order valence-electron chi connectivity index (χ0n) is 24.4. The first-order valence-electron chi connectivity index (χ1n) is 13.9. The lowest BCUT2D eigenvalue weighted by Gasteiger charge is -2.29. The summed E-state index contributed by atoms with van der Waals surface area (Å²) >= 11 is 0. The van der Waals surface area contributed by atoms with Crippen LogP contribution in [0, 0.1) is 0 Å². The number of carbonyl (C=O) groups is 1. The van der Waals surface area contributed by atoms with E-state index in [1.165, 1.54) is 24.9 Å². The van der Waals surface area contributed by atoms with Gasteiger partial charge < -0.3 is 15.5 Å². The Balaban J connectivity index is 1.69. The van der Waals surface area contributed by atoms with Gasteiger partial charge in [0.1, 0.15) is 0 Å². The maximum atomic E-state index is 13.8. The molecule has 3 aromatic rings. The second-order valence-corrected chi connectivity index (χ2v) is 13.3. The van der Waals surface area contributed by atoms with E-state index in [0.29, 0.717) is 11.6 Å². The number of aliphatic hydroxyl groups is 1. The molecule has 0 radical (unpaired) electrons. The van der Waals surface area contributed by atoms with Gasteiger partial charge in [-0.05, 0) is 74.9 Å². The van der Waals surface area contributed by atoms with E-state index in [-0.39, 0.29) is 42.7 Å². The van der Waals surface area contributed by atoms with Crippen molar-refractivity contribution in [3.63, 3.8) is 0 Å². The molecule has 234 valence electrons. The van der Waals surface area contributed by atoms with E-state index in [1.54, 1.807) is 6.07 Å². The van der Waals surface area contributed by atoms with Crippen molar-refractivity contribution < 1.29 is 36.6 Å². The number of nitrogens with zero attached hydrogens (tertiary/aromatic N) is 2. The standard InChI is InChI=1S/C31H38F3N3O5S/c1-30(2,15-7-10-22-8-5-4-6-9-22)36-20-26(38)21-37(3)43(41,42)27-17-24(16-25(18-27)31(32,33)34)28-13-11-23(19-35-28)12-14-29(39)40/h4-6,8-9,11,13,16-19,26,36,38H,7,10,12,14-15,20-21H2,1-3H3,(H,39,40). The van der Waals surface area contributed by atoms with Crippen LogP contribution in [0.1, 0.15) is 49.8 Å². The van der Waals surface area contributed by atoms with E-state index < -0.39 is 38.7 Å². The molecule has 8 nitrogen and oxygen atoms in total. The van der Waals surface area contributed by atoms with Crippen LogP contribution in [0.5, 0.6) is 0 Å². The van der Waals surface area contributed by atoms with Gasteiger partial charge in [-0.15, -0.1) is 0 Å². The highest BCUT2D eigenvalue weighted by atomic mass is 32.2. The lowest BCUT2D eigenvalue weighted by atomic mass is 9.95.